The van der Waals surface area contributed by atoms with Crippen molar-refractivity contribution in [2.75, 3.05) is 18.0 Å². The van der Waals surface area contributed by atoms with Crippen LogP contribution in [-0.2, 0) is 0 Å². The second-order valence-electron chi connectivity index (χ2n) is 8.17. The molecule has 1 aromatic carbocycles. The maximum Gasteiger partial charge on any atom is 0.273 e. The predicted octanol–water partition coefficient (Wildman–Crippen LogP) is 5.83. The molecule has 0 radical (unpaired) electrons. The number of benzene rings is 1. The second-order valence-corrected chi connectivity index (χ2v) is 9.13. The molecule has 1 aromatic rings. The maximum absolute atomic E-state index is 11.4. The van der Waals surface area contributed by atoms with E-state index in [2.05, 4.69) is 17.5 Å². The third-order valence-corrected chi connectivity index (χ3v) is 6.62. The number of nitro groups is 1. The first-order valence-corrected chi connectivity index (χ1v) is 11.7. The summed E-state index contributed by atoms with van der Waals surface area (Å²) in [5.41, 5.74) is 0.344. The maximum atomic E-state index is 11.4. The van der Waals surface area contributed by atoms with E-state index < -0.39 is 5.50 Å². The molecule has 6 nitrogen and oxygen atoms in total. The molecule has 1 unspecified atom stereocenters. The van der Waals surface area contributed by atoms with Crippen molar-refractivity contribution in [1.29, 1.82) is 0 Å². The molecule has 0 N–H and O–H groups in total. The summed E-state index contributed by atoms with van der Waals surface area (Å²) >= 11 is 11.3. The van der Waals surface area contributed by atoms with E-state index in [0.29, 0.717) is 5.75 Å². The van der Waals surface area contributed by atoms with Crippen LogP contribution in [0.1, 0.15) is 51.4 Å². The van der Waals surface area contributed by atoms with Gasteiger partial charge in [-0.1, -0.05) is 18.0 Å². The number of rotatable bonds is 5. The SMILES string of the molecule is O=[N+]([O-])c1ccc(N2C(N3CCCCC3)=CC(S)=CC2Cl)c(OC2CCCCC2)c1. The molecule has 0 aromatic heterocycles. The summed E-state index contributed by atoms with van der Waals surface area (Å²) < 4.78 is 6.35. The summed E-state index contributed by atoms with van der Waals surface area (Å²) in [5.74, 6) is 1.50. The van der Waals surface area contributed by atoms with E-state index in [1.165, 1.54) is 18.9 Å². The first-order chi connectivity index (χ1) is 14.5. The van der Waals surface area contributed by atoms with Crippen LogP contribution in [0.25, 0.3) is 0 Å². The van der Waals surface area contributed by atoms with Crippen LogP contribution in [0.4, 0.5) is 11.4 Å². The van der Waals surface area contributed by atoms with Gasteiger partial charge < -0.3 is 14.5 Å². The summed E-state index contributed by atoms with van der Waals surface area (Å²) in [5, 5.41) is 11.4. The molecule has 1 saturated heterocycles. The minimum absolute atomic E-state index is 0.0293. The van der Waals surface area contributed by atoms with Gasteiger partial charge in [-0.25, -0.2) is 0 Å². The van der Waals surface area contributed by atoms with Crippen LogP contribution < -0.4 is 9.64 Å². The Morgan fingerprint density at radius 2 is 1.80 bits per heavy atom. The fourth-order valence-corrected chi connectivity index (χ4v) is 5.17. The van der Waals surface area contributed by atoms with Gasteiger partial charge in [0.1, 0.15) is 17.1 Å². The molecule has 162 valence electrons. The first kappa shape index (κ1) is 21.4. The minimum Gasteiger partial charge on any atom is -0.488 e. The van der Waals surface area contributed by atoms with Gasteiger partial charge in [-0.2, -0.15) is 0 Å². The Balaban J connectivity index is 1.72. The molecular weight excluding hydrogens is 422 g/mol. The molecule has 3 aliphatic rings. The summed E-state index contributed by atoms with van der Waals surface area (Å²) in [6.07, 6.45) is 12.9. The monoisotopic (exact) mass is 449 g/mol. The van der Waals surface area contributed by atoms with Crippen molar-refractivity contribution >= 4 is 35.6 Å². The van der Waals surface area contributed by atoms with Gasteiger partial charge >= 0.3 is 0 Å². The van der Waals surface area contributed by atoms with E-state index in [4.69, 9.17) is 16.3 Å². The van der Waals surface area contributed by atoms with Gasteiger partial charge in [0.15, 0.2) is 0 Å². The summed E-state index contributed by atoms with van der Waals surface area (Å²) in [4.78, 5) is 16.2. The van der Waals surface area contributed by atoms with Crippen molar-refractivity contribution < 1.29 is 9.66 Å². The zero-order valence-corrected chi connectivity index (χ0v) is 18.7. The number of non-ortho nitro benzene ring substituents is 1. The Kier molecular flexibility index (Phi) is 6.78. The van der Waals surface area contributed by atoms with Crippen molar-refractivity contribution in [2.45, 2.75) is 63.0 Å². The molecule has 0 spiro atoms. The average Bonchev–Trinajstić information content (AvgIpc) is 2.75. The third kappa shape index (κ3) is 4.72. The van der Waals surface area contributed by atoms with E-state index in [9.17, 15) is 10.1 Å². The number of hydrogen-bond donors (Lipinski definition) is 1. The molecule has 0 bridgehead atoms. The molecule has 0 amide bonds. The van der Waals surface area contributed by atoms with Crippen LogP contribution in [0.3, 0.4) is 0 Å². The number of nitro benzene ring substituents is 1. The molecular formula is C22H28ClN3O3S. The van der Waals surface area contributed by atoms with E-state index >= 15 is 0 Å². The van der Waals surface area contributed by atoms with Crippen LogP contribution in [0.2, 0.25) is 0 Å². The van der Waals surface area contributed by atoms with Gasteiger partial charge in [0, 0.05) is 24.1 Å². The molecule has 2 aliphatic heterocycles. The number of nitrogens with zero attached hydrogens (tertiary/aromatic N) is 3. The summed E-state index contributed by atoms with van der Waals surface area (Å²) in [7, 11) is 0. The summed E-state index contributed by atoms with van der Waals surface area (Å²) in [6, 6.07) is 4.84. The van der Waals surface area contributed by atoms with Crippen LogP contribution in [0.15, 0.2) is 41.1 Å². The van der Waals surface area contributed by atoms with Gasteiger partial charge in [-0.05, 0) is 63.2 Å². The Labute approximate surface area is 188 Å². The number of allylic oxidation sites excluding steroid dienone is 1. The van der Waals surface area contributed by atoms with Crippen LogP contribution in [0.5, 0.6) is 5.75 Å². The average molecular weight is 450 g/mol. The van der Waals surface area contributed by atoms with Crippen molar-refractivity contribution in [1.82, 2.24) is 4.90 Å². The molecule has 4 rings (SSSR count). The number of hydrogen-bond acceptors (Lipinski definition) is 6. The molecule has 1 atom stereocenters. The van der Waals surface area contributed by atoms with Gasteiger partial charge in [0.2, 0.25) is 0 Å². The minimum atomic E-state index is -0.449. The lowest BCUT2D eigenvalue weighted by molar-refractivity contribution is -0.384. The predicted molar refractivity (Wildman–Crippen MR) is 123 cm³/mol. The number of thiol groups is 1. The van der Waals surface area contributed by atoms with Gasteiger partial charge in [-0.3, -0.25) is 10.1 Å². The number of anilines is 1. The number of ether oxygens (including phenoxy) is 1. The molecule has 2 heterocycles. The molecule has 8 heteroatoms. The zero-order chi connectivity index (χ0) is 21.1. The van der Waals surface area contributed by atoms with Crippen LogP contribution >= 0.6 is 24.2 Å². The number of piperidine rings is 1. The number of halogens is 1. The van der Waals surface area contributed by atoms with Crippen molar-refractivity contribution in [3.63, 3.8) is 0 Å². The number of likely N-dealkylation sites (tertiary alicyclic amines) is 1. The fourth-order valence-electron chi connectivity index (χ4n) is 4.49. The first-order valence-electron chi connectivity index (χ1n) is 10.8. The Hall–Kier alpha value is -1.86. The fraction of sp³-hybridized carbons (Fsp3) is 0.545. The molecule has 30 heavy (non-hydrogen) atoms. The van der Waals surface area contributed by atoms with Crippen molar-refractivity contribution in [3.05, 3.63) is 51.2 Å². The van der Waals surface area contributed by atoms with E-state index in [1.807, 2.05) is 17.1 Å². The highest BCUT2D eigenvalue weighted by Crippen LogP contribution is 2.41. The molecule has 1 aliphatic carbocycles. The molecule has 2 fully saturated rings. The second kappa shape index (κ2) is 9.52. The highest BCUT2D eigenvalue weighted by Gasteiger charge is 2.31. The lowest BCUT2D eigenvalue weighted by atomic mass is 9.98. The zero-order valence-electron chi connectivity index (χ0n) is 17.0. The molecule has 1 saturated carbocycles. The number of alkyl halides is 1. The highest BCUT2D eigenvalue weighted by molar-refractivity contribution is 7.84. The lowest BCUT2D eigenvalue weighted by Gasteiger charge is -2.42. The van der Waals surface area contributed by atoms with Crippen LogP contribution in [0, 0.1) is 10.1 Å². The van der Waals surface area contributed by atoms with Crippen LogP contribution in [-0.4, -0.2) is 34.5 Å². The standard InChI is InChI=1S/C22H28ClN3O3S/c23-21-14-18(30)15-22(24-11-5-2-6-12-24)25(21)19-10-9-16(26(27)28)13-20(19)29-17-7-3-1-4-8-17/h9-10,13-15,17,21,30H,1-8,11-12H2. The van der Waals surface area contributed by atoms with E-state index in [0.717, 1.165) is 68.0 Å². The Bertz CT molecular complexity index is 848. The summed E-state index contributed by atoms with van der Waals surface area (Å²) in [6.45, 7) is 1.91. The van der Waals surface area contributed by atoms with Crippen molar-refractivity contribution in [2.24, 2.45) is 0 Å². The smallest absolute Gasteiger partial charge is 0.273 e. The van der Waals surface area contributed by atoms with Gasteiger partial charge in [0.25, 0.3) is 5.69 Å². The van der Waals surface area contributed by atoms with E-state index in [-0.39, 0.29) is 16.7 Å². The van der Waals surface area contributed by atoms with E-state index in [1.54, 1.807) is 12.1 Å². The largest absolute Gasteiger partial charge is 0.488 e. The normalized spacial score (nSPS) is 23.1. The highest BCUT2D eigenvalue weighted by atomic mass is 35.5. The van der Waals surface area contributed by atoms with Crippen molar-refractivity contribution in [3.8, 4) is 5.75 Å². The third-order valence-electron chi connectivity index (χ3n) is 6.02. The Morgan fingerprint density at radius 1 is 1.10 bits per heavy atom. The quantitative estimate of drug-likeness (QED) is 0.201. The topological polar surface area (TPSA) is 58.9 Å². The van der Waals surface area contributed by atoms with Gasteiger partial charge in [-0.15, -0.1) is 12.6 Å². The van der Waals surface area contributed by atoms with Gasteiger partial charge in [0.05, 0.1) is 22.8 Å². The Morgan fingerprint density at radius 3 is 2.50 bits per heavy atom. The lowest BCUT2D eigenvalue weighted by Crippen LogP contribution is -2.43.